The molecular formula is C12H21Br2NO. The van der Waals surface area contributed by atoms with Gasteiger partial charge in [-0.05, 0) is 25.7 Å². The summed E-state index contributed by atoms with van der Waals surface area (Å²) < 4.78 is 0. The molecule has 0 aromatic heterocycles. The molecule has 0 bridgehead atoms. The highest BCUT2D eigenvalue weighted by molar-refractivity contribution is 9.09. The van der Waals surface area contributed by atoms with Gasteiger partial charge >= 0.3 is 0 Å². The summed E-state index contributed by atoms with van der Waals surface area (Å²) in [5.41, 5.74) is -0.161. The van der Waals surface area contributed by atoms with Crippen LogP contribution in [0, 0.1) is 5.92 Å². The zero-order valence-electron chi connectivity index (χ0n) is 9.90. The van der Waals surface area contributed by atoms with Crippen molar-refractivity contribution in [2.75, 3.05) is 10.7 Å². The SMILES string of the molecule is CC(CBr)(CBr)NC(=O)CC1CCCCC1. The Morgan fingerprint density at radius 2 is 1.81 bits per heavy atom. The molecule has 1 amide bonds. The molecule has 0 heterocycles. The first-order valence-corrected chi connectivity index (χ1v) is 8.27. The highest BCUT2D eigenvalue weighted by Gasteiger charge is 2.25. The van der Waals surface area contributed by atoms with E-state index < -0.39 is 0 Å². The summed E-state index contributed by atoms with van der Waals surface area (Å²) in [6.07, 6.45) is 7.10. The van der Waals surface area contributed by atoms with E-state index >= 15 is 0 Å². The zero-order chi connectivity index (χ0) is 12.0. The highest BCUT2D eigenvalue weighted by atomic mass is 79.9. The molecule has 0 spiro atoms. The van der Waals surface area contributed by atoms with Crippen LogP contribution in [0.5, 0.6) is 0 Å². The zero-order valence-corrected chi connectivity index (χ0v) is 13.1. The topological polar surface area (TPSA) is 29.1 Å². The van der Waals surface area contributed by atoms with E-state index in [4.69, 9.17) is 0 Å². The number of nitrogens with one attached hydrogen (secondary N) is 1. The number of hydrogen-bond acceptors (Lipinski definition) is 1. The molecule has 1 fully saturated rings. The third-order valence-corrected chi connectivity index (χ3v) is 5.71. The number of alkyl halides is 2. The fraction of sp³-hybridized carbons (Fsp3) is 0.917. The van der Waals surface area contributed by atoms with Crippen LogP contribution in [-0.4, -0.2) is 22.1 Å². The third kappa shape index (κ3) is 4.74. The van der Waals surface area contributed by atoms with E-state index in [-0.39, 0.29) is 11.4 Å². The van der Waals surface area contributed by atoms with Gasteiger partial charge in [0.25, 0.3) is 0 Å². The molecule has 0 aromatic carbocycles. The molecule has 94 valence electrons. The van der Waals surface area contributed by atoms with Crippen LogP contribution in [0.4, 0.5) is 0 Å². The standard InChI is InChI=1S/C12H21Br2NO/c1-12(8-13,9-14)15-11(16)7-10-5-3-2-4-6-10/h10H,2-9H2,1H3,(H,15,16). The van der Waals surface area contributed by atoms with Crippen LogP contribution < -0.4 is 5.32 Å². The summed E-state index contributed by atoms with van der Waals surface area (Å²) in [7, 11) is 0. The maximum Gasteiger partial charge on any atom is 0.220 e. The van der Waals surface area contributed by atoms with Gasteiger partial charge in [0.2, 0.25) is 5.91 Å². The second kappa shape index (κ2) is 7.00. The summed E-state index contributed by atoms with van der Waals surface area (Å²) >= 11 is 6.88. The van der Waals surface area contributed by atoms with Gasteiger partial charge in [0.15, 0.2) is 0 Å². The van der Waals surface area contributed by atoms with Gasteiger partial charge in [0, 0.05) is 17.1 Å². The summed E-state index contributed by atoms with van der Waals surface area (Å²) in [6.45, 7) is 2.05. The molecule has 1 saturated carbocycles. The molecule has 0 aromatic rings. The number of carbonyl (C=O) groups is 1. The van der Waals surface area contributed by atoms with Crippen LogP contribution in [-0.2, 0) is 4.79 Å². The van der Waals surface area contributed by atoms with Crippen molar-refractivity contribution in [3.63, 3.8) is 0 Å². The second-order valence-electron chi connectivity index (χ2n) is 5.08. The first kappa shape index (κ1) is 14.5. The minimum Gasteiger partial charge on any atom is -0.349 e. The minimum absolute atomic E-state index is 0.161. The van der Waals surface area contributed by atoms with Crippen molar-refractivity contribution in [3.8, 4) is 0 Å². The normalized spacial score (nSPS) is 18.4. The first-order valence-electron chi connectivity index (χ1n) is 6.02. The van der Waals surface area contributed by atoms with Crippen molar-refractivity contribution >= 4 is 37.8 Å². The van der Waals surface area contributed by atoms with Gasteiger partial charge in [-0.25, -0.2) is 0 Å². The molecule has 0 atom stereocenters. The van der Waals surface area contributed by atoms with Crippen LogP contribution in [0.1, 0.15) is 45.4 Å². The first-order chi connectivity index (χ1) is 7.59. The highest BCUT2D eigenvalue weighted by Crippen LogP contribution is 2.26. The molecule has 1 aliphatic rings. The van der Waals surface area contributed by atoms with Crippen molar-refractivity contribution in [3.05, 3.63) is 0 Å². The molecule has 1 aliphatic carbocycles. The maximum atomic E-state index is 11.9. The van der Waals surface area contributed by atoms with Crippen molar-refractivity contribution in [1.82, 2.24) is 5.32 Å². The predicted molar refractivity (Wildman–Crippen MR) is 75.3 cm³/mol. The molecule has 16 heavy (non-hydrogen) atoms. The summed E-state index contributed by atoms with van der Waals surface area (Å²) in [5.74, 6) is 0.817. The van der Waals surface area contributed by atoms with Gasteiger partial charge in [0.1, 0.15) is 0 Å². The van der Waals surface area contributed by atoms with Crippen molar-refractivity contribution < 1.29 is 4.79 Å². The Bertz CT molecular complexity index is 223. The Kier molecular flexibility index (Phi) is 6.34. The van der Waals surface area contributed by atoms with Gasteiger partial charge in [-0.15, -0.1) is 0 Å². The Morgan fingerprint density at radius 1 is 1.25 bits per heavy atom. The second-order valence-corrected chi connectivity index (χ2v) is 6.21. The lowest BCUT2D eigenvalue weighted by Crippen LogP contribution is -2.49. The summed E-state index contributed by atoms with van der Waals surface area (Å²) in [4.78, 5) is 11.9. The summed E-state index contributed by atoms with van der Waals surface area (Å²) in [5, 5.41) is 4.67. The molecule has 4 heteroatoms. The smallest absolute Gasteiger partial charge is 0.220 e. The van der Waals surface area contributed by atoms with Crippen LogP contribution in [0.3, 0.4) is 0 Å². The van der Waals surface area contributed by atoms with E-state index in [2.05, 4.69) is 44.1 Å². The Labute approximate surface area is 115 Å². The monoisotopic (exact) mass is 353 g/mol. The van der Waals surface area contributed by atoms with E-state index in [0.717, 1.165) is 10.7 Å². The Balaban J connectivity index is 2.34. The molecule has 1 rings (SSSR count). The third-order valence-electron chi connectivity index (χ3n) is 3.23. The van der Waals surface area contributed by atoms with Crippen LogP contribution in [0.15, 0.2) is 0 Å². The fourth-order valence-corrected chi connectivity index (χ4v) is 3.35. The lowest BCUT2D eigenvalue weighted by atomic mass is 9.86. The van der Waals surface area contributed by atoms with E-state index in [1.54, 1.807) is 0 Å². The number of amides is 1. The van der Waals surface area contributed by atoms with E-state index in [1.165, 1.54) is 32.1 Å². The van der Waals surface area contributed by atoms with Crippen molar-refractivity contribution in [2.45, 2.75) is 51.0 Å². The van der Waals surface area contributed by atoms with Crippen LogP contribution in [0.2, 0.25) is 0 Å². The average Bonchev–Trinajstić information content (AvgIpc) is 2.30. The van der Waals surface area contributed by atoms with Gasteiger partial charge < -0.3 is 5.32 Å². The molecular weight excluding hydrogens is 334 g/mol. The minimum atomic E-state index is -0.161. The van der Waals surface area contributed by atoms with Gasteiger partial charge in [-0.1, -0.05) is 51.1 Å². The Morgan fingerprint density at radius 3 is 2.31 bits per heavy atom. The molecule has 0 saturated heterocycles. The van der Waals surface area contributed by atoms with E-state index in [0.29, 0.717) is 12.3 Å². The van der Waals surface area contributed by atoms with Crippen molar-refractivity contribution in [2.24, 2.45) is 5.92 Å². The van der Waals surface area contributed by atoms with E-state index in [9.17, 15) is 4.79 Å². The number of carbonyl (C=O) groups excluding carboxylic acids is 1. The van der Waals surface area contributed by atoms with Crippen LogP contribution >= 0.6 is 31.9 Å². The van der Waals surface area contributed by atoms with Crippen molar-refractivity contribution in [1.29, 1.82) is 0 Å². The molecule has 0 radical (unpaired) electrons. The Hall–Kier alpha value is 0.430. The average molecular weight is 355 g/mol. The van der Waals surface area contributed by atoms with E-state index in [1.807, 2.05) is 0 Å². The predicted octanol–water partition coefficient (Wildman–Crippen LogP) is 3.62. The van der Waals surface area contributed by atoms with Crippen LogP contribution in [0.25, 0.3) is 0 Å². The molecule has 1 N–H and O–H groups in total. The maximum absolute atomic E-state index is 11.9. The largest absolute Gasteiger partial charge is 0.349 e. The number of hydrogen-bond donors (Lipinski definition) is 1. The molecule has 0 unspecified atom stereocenters. The fourth-order valence-electron chi connectivity index (χ4n) is 2.14. The lowest BCUT2D eigenvalue weighted by molar-refractivity contribution is -0.123. The van der Waals surface area contributed by atoms with Gasteiger partial charge in [0.05, 0.1) is 5.54 Å². The molecule has 2 nitrogen and oxygen atoms in total. The summed E-state index contributed by atoms with van der Waals surface area (Å²) in [6, 6.07) is 0. The van der Waals surface area contributed by atoms with Gasteiger partial charge in [-0.2, -0.15) is 0 Å². The number of halogens is 2. The quantitative estimate of drug-likeness (QED) is 0.750. The number of rotatable bonds is 5. The van der Waals surface area contributed by atoms with Gasteiger partial charge in [-0.3, -0.25) is 4.79 Å². The lowest BCUT2D eigenvalue weighted by Gasteiger charge is -2.28. The molecule has 0 aliphatic heterocycles.